The second-order valence-corrected chi connectivity index (χ2v) is 6.55. The Balaban J connectivity index is 1.60. The van der Waals surface area contributed by atoms with Crippen molar-refractivity contribution in [2.75, 3.05) is 0 Å². The van der Waals surface area contributed by atoms with E-state index in [0.717, 1.165) is 12.8 Å². The van der Waals surface area contributed by atoms with Gasteiger partial charge < -0.3 is 15.2 Å². The van der Waals surface area contributed by atoms with Gasteiger partial charge in [0.1, 0.15) is 5.75 Å². The van der Waals surface area contributed by atoms with Crippen molar-refractivity contribution in [1.29, 1.82) is 0 Å². The van der Waals surface area contributed by atoms with Crippen LogP contribution in [0.15, 0.2) is 24.3 Å². The molecule has 2 saturated carbocycles. The molecule has 3 rings (SSSR count). The van der Waals surface area contributed by atoms with E-state index in [4.69, 9.17) is 0 Å². The summed E-state index contributed by atoms with van der Waals surface area (Å²) in [5.41, 5.74) is 0.425. The van der Waals surface area contributed by atoms with Crippen LogP contribution in [0.1, 0.15) is 43.6 Å². The van der Waals surface area contributed by atoms with E-state index in [1.165, 1.54) is 12.1 Å². The van der Waals surface area contributed by atoms with E-state index in [0.29, 0.717) is 24.8 Å². The molecule has 24 heavy (non-hydrogen) atoms. The molecule has 0 saturated heterocycles. The lowest BCUT2D eigenvalue weighted by molar-refractivity contribution is -0.274. The Morgan fingerprint density at radius 3 is 2.50 bits per heavy atom. The molecule has 1 aromatic rings. The lowest BCUT2D eigenvalue weighted by Gasteiger charge is -2.26. The average Bonchev–Trinajstić information content (AvgIpc) is 3.29. The number of carbonyl (C=O) groups is 1. The van der Waals surface area contributed by atoms with Crippen molar-refractivity contribution in [3.8, 4) is 5.75 Å². The fourth-order valence-electron chi connectivity index (χ4n) is 3.36. The van der Waals surface area contributed by atoms with Gasteiger partial charge in [-0.15, -0.1) is 13.2 Å². The number of benzene rings is 1. The Hall–Kier alpha value is -1.76. The molecule has 0 spiro atoms. The second-order valence-electron chi connectivity index (χ2n) is 6.55. The van der Waals surface area contributed by atoms with Gasteiger partial charge in [0, 0.05) is 12.0 Å². The minimum atomic E-state index is -4.74. The van der Waals surface area contributed by atoms with Gasteiger partial charge in [0.25, 0.3) is 0 Å². The minimum absolute atomic E-state index is 0.0452. The number of carbonyl (C=O) groups excluding carboxylic acids is 1. The summed E-state index contributed by atoms with van der Waals surface area (Å²) in [7, 11) is 0. The predicted molar refractivity (Wildman–Crippen MR) is 80.4 cm³/mol. The van der Waals surface area contributed by atoms with E-state index in [1.807, 2.05) is 0 Å². The summed E-state index contributed by atoms with van der Waals surface area (Å²) in [5, 5.41) is 12.4. The van der Waals surface area contributed by atoms with Crippen molar-refractivity contribution in [2.24, 2.45) is 5.92 Å². The Kier molecular flexibility index (Phi) is 4.71. The smallest absolute Gasteiger partial charge is 0.405 e. The molecule has 132 valence electrons. The fraction of sp³-hybridized carbons (Fsp3) is 0.588. The Bertz CT molecular complexity index is 597. The first-order chi connectivity index (χ1) is 11.3. The molecule has 2 aliphatic carbocycles. The zero-order valence-electron chi connectivity index (χ0n) is 13.1. The highest BCUT2D eigenvalue weighted by Gasteiger charge is 2.46. The van der Waals surface area contributed by atoms with Gasteiger partial charge in [-0.2, -0.15) is 0 Å². The number of nitrogens with one attached hydrogen (secondary N) is 1. The van der Waals surface area contributed by atoms with E-state index in [2.05, 4.69) is 10.1 Å². The van der Waals surface area contributed by atoms with Crippen molar-refractivity contribution in [3.63, 3.8) is 0 Å². The first kappa shape index (κ1) is 17.1. The topological polar surface area (TPSA) is 58.6 Å². The summed E-state index contributed by atoms with van der Waals surface area (Å²) in [6.45, 7) is 0. The number of amides is 1. The van der Waals surface area contributed by atoms with E-state index < -0.39 is 6.36 Å². The highest BCUT2D eigenvalue weighted by Crippen LogP contribution is 2.51. The fourth-order valence-corrected chi connectivity index (χ4v) is 3.36. The molecule has 0 heterocycles. The van der Waals surface area contributed by atoms with Crippen molar-refractivity contribution in [2.45, 2.75) is 56.5 Å². The van der Waals surface area contributed by atoms with Gasteiger partial charge in [-0.3, -0.25) is 4.79 Å². The Morgan fingerprint density at radius 2 is 1.83 bits per heavy atom. The van der Waals surface area contributed by atoms with Crippen molar-refractivity contribution in [1.82, 2.24) is 5.32 Å². The molecule has 7 heteroatoms. The zero-order chi connectivity index (χ0) is 17.3. The van der Waals surface area contributed by atoms with Gasteiger partial charge in [-0.1, -0.05) is 18.2 Å². The number of ether oxygens (including phenoxy) is 1. The van der Waals surface area contributed by atoms with Crippen LogP contribution >= 0.6 is 0 Å². The number of hydrogen-bond donors (Lipinski definition) is 2. The number of aliphatic hydroxyl groups excluding tert-OH is 1. The van der Waals surface area contributed by atoms with Gasteiger partial charge in [0.05, 0.1) is 6.10 Å². The van der Waals surface area contributed by atoms with Crippen LogP contribution in [-0.4, -0.2) is 29.5 Å². The van der Waals surface area contributed by atoms with E-state index in [9.17, 15) is 23.1 Å². The number of aliphatic hydroxyl groups is 1. The molecule has 4 nitrogen and oxygen atoms in total. The van der Waals surface area contributed by atoms with Crippen LogP contribution in [0, 0.1) is 5.92 Å². The van der Waals surface area contributed by atoms with Gasteiger partial charge in [0.15, 0.2) is 0 Å². The van der Waals surface area contributed by atoms with E-state index in [1.54, 1.807) is 12.1 Å². The molecule has 2 N–H and O–H groups in total. The molecule has 0 radical (unpaired) electrons. The third kappa shape index (κ3) is 4.20. The van der Waals surface area contributed by atoms with Crippen LogP contribution < -0.4 is 10.1 Å². The highest BCUT2D eigenvalue weighted by molar-refractivity contribution is 5.83. The maximum atomic E-state index is 12.5. The van der Waals surface area contributed by atoms with E-state index >= 15 is 0 Å². The number of hydrogen-bond acceptors (Lipinski definition) is 3. The summed E-state index contributed by atoms with van der Waals surface area (Å²) in [4.78, 5) is 12.3. The molecular weight excluding hydrogens is 323 g/mol. The standard InChI is InChI=1S/C17H20F3NO3/c18-17(19,20)24-15-4-2-1-3-12(15)13-9-14(13)16(23)21-10-5-7-11(22)8-6-10/h1-4,10-11,13-14,22H,5-9H2,(H,21,23). The van der Waals surface area contributed by atoms with Gasteiger partial charge in [-0.25, -0.2) is 0 Å². The molecule has 0 aromatic heterocycles. The normalized spacial score (nSPS) is 29.8. The third-order valence-corrected chi connectivity index (χ3v) is 4.71. The zero-order valence-corrected chi connectivity index (χ0v) is 13.1. The van der Waals surface area contributed by atoms with Gasteiger partial charge in [-0.05, 0) is 49.7 Å². The second kappa shape index (κ2) is 6.63. The summed E-state index contributed by atoms with van der Waals surface area (Å²) in [6.07, 6.45) is -1.71. The van der Waals surface area contributed by atoms with Crippen LogP contribution in [0.3, 0.4) is 0 Å². The minimum Gasteiger partial charge on any atom is -0.405 e. The van der Waals surface area contributed by atoms with Crippen LogP contribution in [0.4, 0.5) is 13.2 Å². The Morgan fingerprint density at radius 1 is 1.17 bits per heavy atom. The summed E-state index contributed by atoms with van der Waals surface area (Å²) in [5.74, 6) is -0.901. The SMILES string of the molecule is O=C(NC1CCC(O)CC1)C1CC1c1ccccc1OC(F)(F)F. The first-order valence-corrected chi connectivity index (χ1v) is 8.16. The highest BCUT2D eigenvalue weighted by atomic mass is 19.4. The number of halogens is 3. The van der Waals surface area contributed by atoms with E-state index in [-0.39, 0.29) is 35.6 Å². The Labute approximate surface area is 138 Å². The lowest BCUT2D eigenvalue weighted by atomic mass is 9.93. The summed E-state index contributed by atoms with van der Waals surface area (Å²) < 4.78 is 41.5. The monoisotopic (exact) mass is 343 g/mol. The molecule has 2 fully saturated rings. The van der Waals surface area contributed by atoms with Gasteiger partial charge in [0.2, 0.25) is 5.91 Å². The number of rotatable bonds is 4. The molecule has 2 atom stereocenters. The molecule has 2 unspecified atom stereocenters. The largest absolute Gasteiger partial charge is 0.573 e. The maximum absolute atomic E-state index is 12.5. The van der Waals surface area contributed by atoms with Crippen molar-refractivity contribution in [3.05, 3.63) is 29.8 Å². The van der Waals surface area contributed by atoms with Crippen molar-refractivity contribution < 1.29 is 27.8 Å². The third-order valence-electron chi connectivity index (χ3n) is 4.71. The summed E-state index contributed by atoms with van der Waals surface area (Å²) >= 11 is 0. The molecule has 0 aliphatic heterocycles. The molecule has 2 aliphatic rings. The average molecular weight is 343 g/mol. The van der Waals surface area contributed by atoms with Crippen molar-refractivity contribution >= 4 is 5.91 Å². The molecular formula is C17H20F3NO3. The predicted octanol–water partition coefficient (Wildman–Crippen LogP) is 3.11. The number of para-hydroxylation sites is 1. The molecule has 0 bridgehead atoms. The lowest BCUT2D eigenvalue weighted by Crippen LogP contribution is -2.39. The van der Waals surface area contributed by atoms with Crippen LogP contribution in [0.2, 0.25) is 0 Å². The first-order valence-electron chi connectivity index (χ1n) is 8.16. The quantitative estimate of drug-likeness (QED) is 0.883. The number of alkyl halides is 3. The molecule has 1 amide bonds. The van der Waals surface area contributed by atoms with Gasteiger partial charge >= 0.3 is 6.36 Å². The molecule has 1 aromatic carbocycles. The summed E-state index contributed by atoms with van der Waals surface area (Å²) in [6, 6.07) is 6.03. The van der Waals surface area contributed by atoms with Crippen LogP contribution in [0.25, 0.3) is 0 Å². The van der Waals surface area contributed by atoms with Crippen LogP contribution in [0.5, 0.6) is 5.75 Å². The maximum Gasteiger partial charge on any atom is 0.573 e. The van der Waals surface area contributed by atoms with Crippen LogP contribution in [-0.2, 0) is 4.79 Å².